The molecule has 2 aliphatic rings. The van der Waals surface area contributed by atoms with E-state index in [1.165, 1.54) is 6.42 Å². The van der Waals surface area contributed by atoms with E-state index >= 15 is 0 Å². The fourth-order valence-electron chi connectivity index (χ4n) is 3.23. The number of hydrogen-bond donors (Lipinski definition) is 1. The molecule has 3 atom stereocenters. The number of nitrogens with zero attached hydrogens (tertiary/aromatic N) is 1. The summed E-state index contributed by atoms with van der Waals surface area (Å²) >= 11 is 3.20. The number of rotatable bonds is 2. The summed E-state index contributed by atoms with van der Waals surface area (Å²) in [4.78, 5) is 16.5. The van der Waals surface area contributed by atoms with Crippen molar-refractivity contribution in [2.45, 2.75) is 23.8 Å². The molecule has 1 aliphatic carbocycles. The molecular formula is C13H18N2OS2. The predicted molar refractivity (Wildman–Crippen MR) is 76.2 cm³/mol. The van der Waals surface area contributed by atoms with Crippen LogP contribution < -0.4 is 5.73 Å². The van der Waals surface area contributed by atoms with Crippen molar-refractivity contribution in [2.24, 2.45) is 17.6 Å². The molecule has 3 rings (SSSR count). The summed E-state index contributed by atoms with van der Waals surface area (Å²) in [5.74, 6) is 1.38. The largest absolute Gasteiger partial charge is 0.337 e. The van der Waals surface area contributed by atoms with Gasteiger partial charge in [0.05, 0.1) is 0 Å². The summed E-state index contributed by atoms with van der Waals surface area (Å²) in [7, 11) is 0. The van der Waals surface area contributed by atoms with Crippen molar-refractivity contribution < 1.29 is 4.79 Å². The minimum absolute atomic E-state index is 0.205. The summed E-state index contributed by atoms with van der Waals surface area (Å²) < 4.78 is 0. The molecule has 0 spiro atoms. The van der Waals surface area contributed by atoms with Gasteiger partial charge in [-0.05, 0) is 42.4 Å². The Morgan fingerprint density at radius 1 is 1.50 bits per heavy atom. The predicted octanol–water partition coefficient (Wildman–Crippen LogP) is 2.28. The molecule has 5 heteroatoms. The van der Waals surface area contributed by atoms with Crippen LogP contribution in [-0.4, -0.2) is 36.2 Å². The number of likely N-dealkylation sites (tertiary alicyclic amines) is 1. The second-order valence-corrected chi connectivity index (χ2v) is 6.96. The maximum Gasteiger partial charge on any atom is 0.265 e. The third kappa shape index (κ3) is 1.98. The van der Waals surface area contributed by atoms with Crippen LogP contribution >= 0.6 is 23.1 Å². The third-order valence-corrected chi connectivity index (χ3v) is 6.05. The highest BCUT2D eigenvalue weighted by Gasteiger charge is 2.42. The highest BCUT2D eigenvalue weighted by Crippen LogP contribution is 2.38. The Hall–Kier alpha value is -0.520. The van der Waals surface area contributed by atoms with Crippen LogP contribution in [-0.2, 0) is 0 Å². The molecule has 1 saturated carbocycles. The highest BCUT2D eigenvalue weighted by atomic mass is 32.2. The fraction of sp³-hybridized carbons (Fsp3) is 0.615. The Bertz CT molecular complexity index is 460. The Labute approximate surface area is 116 Å². The molecule has 2 heterocycles. The van der Waals surface area contributed by atoms with Gasteiger partial charge in [-0.2, -0.15) is 0 Å². The Kier molecular flexibility index (Phi) is 3.38. The van der Waals surface area contributed by atoms with E-state index < -0.39 is 0 Å². The van der Waals surface area contributed by atoms with Crippen LogP contribution in [0.5, 0.6) is 0 Å². The zero-order valence-corrected chi connectivity index (χ0v) is 12.1. The first-order valence-electron chi connectivity index (χ1n) is 6.37. The lowest BCUT2D eigenvalue weighted by atomic mass is 9.98. The summed E-state index contributed by atoms with van der Waals surface area (Å²) in [6, 6.07) is 2.33. The van der Waals surface area contributed by atoms with Crippen molar-refractivity contribution in [3.8, 4) is 0 Å². The Balaban J connectivity index is 1.75. The van der Waals surface area contributed by atoms with E-state index in [-0.39, 0.29) is 5.91 Å². The second-order valence-electron chi connectivity index (χ2n) is 5.19. The van der Waals surface area contributed by atoms with Gasteiger partial charge in [-0.1, -0.05) is 0 Å². The van der Waals surface area contributed by atoms with Crippen LogP contribution in [0.4, 0.5) is 0 Å². The lowest BCUT2D eigenvalue weighted by Gasteiger charge is -2.18. The summed E-state index contributed by atoms with van der Waals surface area (Å²) in [6.07, 6.45) is 4.34. The average Bonchev–Trinajstić information content (AvgIpc) is 3.05. The number of fused-ring (bicyclic) bond motifs is 1. The lowest BCUT2D eigenvalue weighted by molar-refractivity contribution is 0.0781. The summed E-state index contributed by atoms with van der Waals surface area (Å²) in [5.41, 5.74) is 6.12. The number of hydrogen-bond acceptors (Lipinski definition) is 4. The first-order chi connectivity index (χ1) is 8.70. The number of carbonyl (C=O) groups is 1. The average molecular weight is 282 g/mol. The molecular weight excluding hydrogens is 264 g/mol. The SMILES string of the molecule is CSc1ccsc1C(=O)N1CC2CCC(N)C2C1. The smallest absolute Gasteiger partial charge is 0.265 e. The normalized spacial score (nSPS) is 30.8. The monoisotopic (exact) mass is 282 g/mol. The first-order valence-corrected chi connectivity index (χ1v) is 8.47. The van der Waals surface area contributed by atoms with Crippen LogP contribution in [0, 0.1) is 11.8 Å². The number of carbonyl (C=O) groups excluding carboxylic acids is 1. The van der Waals surface area contributed by atoms with E-state index in [2.05, 4.69) is 0 Å². The van der Waals surface area contributed by atoms with Crippen molar-refractivity contribution >= 4 is 29.0 Å². The second kappa shape index (κ2) is 4.87. The summed E-state index contributed by atoms with van der Waals surface area (Å²) in [6.45, 7) is 1.76. The van der Waals surface area contributed by atoms with Crippen molar-refractivity contribution in [1.29, 1.82) is 0 Å². The third-order valence-electron chi connectivity index (χ3n) is 4.24. The highest BCUT2D eigenvalue weighted by molar-refractivity contribution is 7.98. The van der Waals surface area contributed by atoms with Gasteiger partial charge in [0.2, 0.25) is 0 Å². The molecule has 0 aromatic carbocycles. The van der Waals surface area contributed by atoms with Gasteiger partial charge in [0.25, 0.3) is 5.91 Å². The van der Waals surface area contributed by atoms with Crippen molar-refractivity contribution in [3.63, 3.8) is 0 Å². The number of thioether (sulfide) groups is 1. The van der Waals surface area contributed by atoms with Gasteiger partial charge in [-0.25, -0.2) is 0 Å². The molecule has 1 aromatic heterocycles. The minimum Gasteiger partial charge on any atom is -0.337 e. The van der Waals surface area contributed by atoms with Gasteiger partial charge < -0.3 is 10.6 Å². The zero-order chi connectivity index (χ0) is 12.7. The molecule has 2 N–H and O–H groups in total. The van der Waals surface area contributed by atoms with Crippen molar-refractivity contribution in [3.05, 3.63) is 16.3 Å². The molecule has 3 unspecified atom stereocenters. The maximum atomic E-state index is 12.5. The van der Waals surface area contributed by atoms with Crippen LogP contribution in [0.1, 0.15) is 22.5 Å². The number of thiophene rings is 1. The van der Waals surface area contributed by atoms with Crippen LogP contribution in [0.3, 0.4) is 0 Å². The molecule has 0 radical (unpaired) electrons. The van der Waals surface area contributed by atoms with Gasteiger partial charge >= 0.3 is 0 Å². The molecule has 3 nitrogen and oxygen atoms in total. The molecule has 2 fully saturated rings. The molecule has 18 heavy (non-hydrogen) atoms. The maximum absolute atomic E-state index is 12.5. The molecule has 98 valence electrons. The minimum atomic E-state index is 0.205. The quantitative estimate of drug-likeness (QED) is 0.847. The van der Waals surface area contributed by atoms with Crippen LogP contribution in [0.25, 0.3) is 0 Å². The van der Waals surface area contributed by atoms with Gasteiger partial charge in [0.15, 0.2) is 0 Å². The number of nitrogens with two attached hydrogens (primary N) is 1. The number of amides is 1. The van der Waals surface area contributed by atoms with Gasteiger partial charge in [-0.15, -0.1) is 23.1 Å². The van der Waals surface area contributed by atoms with E-state index in [1.54, 1.807) is 23.1 Å². The van der Waals surface area contributed by atoms with Crippen LogP contribution in [0.2, 0.25) is 0 Å². The Morgan fingerprint density at radius 2 is 2.33 bits per heavy atom. The van der Waals surface area contributed by atoms with E-state index in [1.807, 2.05) is 22.6 Å². The first kappa shape index (κ1) is 12.5. The van der Waals surface area contributed by atoms with E-state index in [9.17, 15) is 4.79 Å². The van der Waals surface area contributed by atoms with Gasteiger partial charge in [0.1, 0.15) is 4.88 Å². The zero-order valence-electron chi connectivity index (χ0n) is 10.5. The standard InChI is InChI=1S/C13H18N2OS2/c1-17-11-4-5-18-12(11)13(16)15-6-8-2-3-10(14)9(8)7-15/h4-5,8-10H,2-3,6-7,14H2,1H3. The molecule has 1 aliphatic heterocycles. The molecule has 1 saturated heterocycles. The summed E-state index contributed by atoms with van der Waals surface area (Å²) in [5, 5.41) is 2.00. The van der Waals surface area contributed by atoms with Gasteiger partial charge in [-0.3, -0.25) is 4.79 Å². The van der Waals surface area contributed by atoms with Crippen molar-refractivity contribution in [1.82, 2.24) is 4.90 Å². The topological polar surface area (TPSA) is 46.3 Å². The molecule has 1 amide bonds. The molecule has 1 aromatic rings. The van der Waals surface area contributed by atoms with E-state index in [0.717, 1.165) is 29.3 Å². The van der Waals surface area contributed by atoms with Crippen molar-refractivity contribution in [2.75, 3.05) is 19.3 Å². The molecule has 0 bridgehead atoms. The van der Waals surface area contributed by atoms with Crippen LogP contribution in [0.15, 0.2) is 16.3 Å². The van der Waals surface area contributed by atoms with Gasteiger partial charge in [0, 0.05) is 24.0 Å². The lowest BCUT2D eigenvalue weighted by Crippen LogP contribution is -2.33. The Morgan fingerprint density at radius 3 is 3.06 bits per heavy atom. The van der Waals surface area contributed by atoms with E-state index in [4.69, 9.17) is 5.73 Å². The fourth-order valence-corrected chi connectivity index (χ4v) is 4.94. The van der Waals surface area contributed by atoms with E-state index in [0.29, 0.717) is 17.9 Å².